The highest BCUT2D eigenvalue weighted by Crippen LogP contribution is 2.30. The highest BCUT2D eigenvalue weighted by atomic mass is 127. The smallest absolute Gasteiger partial charge is 0.339 e. The quantitative estimate of drug-likeness (QED) is 0.370. The summed E-state index contributed by atoms with van der Waals surface area (Å²) in [6.45, 7) is 7.43. The third-order valence-corrected chi connectivity index (χ3v) is 6.49. The Morgan fingerprint density at radius 3 is 2.53 bits per heavy atom. The molecule has 0 radical (unpaired) electrons. The molecule has 6 nitrogen and oxygen atoms in total. The molecule has 1 aromatic heterocycles. The summed E-state index contributed by atoms with van der Waals surface area (Å²) in [6, 6.07) is 15.4. The standard InChI is InChI=1S/C25H26IN3O3/c1-15(2)29-13-12-22-20(14-29)23(19-6-4-5-7-21(19)28-22)25(31)32-16(3)24(30)27-18-10-8-17(26)9-11-18/h4-11,15-16H,12-14H2,1-3H3,(H,27,30). The van der Waals surface area contributed by atoms with Gasteiger partial charge in [0.25, 0.3) is 5.91 Å². The third kappa shape index (κ3) is 4.78. The summed E-state index contributed by atoms with van der Waals surface area (Å²) in [4.78, 5) is 33.2. The number of benzene rings is 2. The van der Waals surface area contributed by atoms with Gasteiger partial charge in [0.15, 0.2) is 6.10 Å². The van der Waals surface area contributed by atoms with Gasteiger partial charge in [-0.3, -0.25) is 14.7 Å². The zero-order valence-electron chi connectivity index (χ0n) is 18.4. The minimum Gasteiger partial charge on any atom is -0.449 e. The predicted molar refractivity (Wildman–Crippen MR) is 134 cm³/mol. The highest BCUT2D eigenvalue weighted by molar-refractivity contribution is 14.1. The Morgan fingerprint density at radius 1 is 1.09 bits per heavy atom. The molecule has 0 saturated heterocycles. The lowest BCUT2D eigenvalue weighted by atomic mass is 9.95. The number of para-hydroxylation sites is 1. The Hall–Kier alpha value is -2.52. The molecule has 0 saturated carbocycles. The van der Waals surface area contributed by atoms with Crippen LogP contribution in [0.25, 0.3) is 10.9 Å². The number of nitrogens with zero attached hydrogens (tertiary/aromatic N) is 2. The molecule has 1 atom stereocenters. The maximum atomic E-state index is 13.4. The van der Waals surface area contributed by atoms with Crippen molar-refractivity contribution in [1.82, 2.24) is 9.88 Å². The summed E-state index contributed by atoms with van der Waals surface area (Å²) in [5.41, 5.74) is 3.79. The van der Waals surface area contributed by atoms with Crippen LogP contribution < -0.4 is 5.32 Å². The van der Waals surface area contributed by atoms with Gasteiger partial charge < -0.3 is 10.1 Å². The molecule has 1 N–H and O–H groups in total. The lowest BCUT2D eigenvalue weighted by molar-refractivity contribution is -0.123. The molecule has 0 bridgehead atoms. The van der Waals surface area contributed by atoms with E-state index in [1.54, 1.807) is 6.92 Å². The number of carbonyl (C=O) groups is 2. The molecule has 166 valence electrons. The molecule has 0 spiro atoms. The topological polar surface area (TPSA) is 71.5 Å². The van der Waals surface area contributed by atoms with Gasteiger partial charge in [-0.1, -0.05) is 18.2 Å². The second-order valence-corrected chi connectivity index (χ2v) is 9.53. The molecule has 1 aliphatic rings. The number of ether oxygens (including phenoxy) is 1. The van der Waals surface area contributed by atoms with Crippen LogP contribution in [-0.4, -0.2) is 40.5 Å². The van der Waals surface area contributed by atoms with E-state index in [9.17, 15) is 9.59 Å². The summed E-state index contributed by atoms with van der Waals surface area (Å²) < 4.78 is 6.74. The van der Waals surface area contributed by atoms with E-state index in [-0.39, 0.29) is 5.91 Å². The number of hydrogen-bond acceptors (Lipinski definition) is 5. The first kappa shape index (κ1) is 22.7. The van der Waals surface area contributed by atoms with Crippen LogP contribution in [0.5, 0.6) is 0 Å². The van der Waals surface area contributed by atoms with E-state index in [0.717, 1.165) is 38.7 Å². The van der Waals surface area contributed by atoms with Crippen molar-refractivity contribution >= 4 is 51.1 Å². The fourth-order valence-corrected chi connectivity index (χ4v) is 4.29. The summed E-state index contributed by atoms with van der Waals surface area (Å²) in [5, 5.41) is 3.56. The van der Waals surface area contributed by atoms with Gasteiger partial charge in [0.05, 0.1) is 11.1 Å². The van der Waals surface area contributed by atoms with Crippen LogP contribution in [0.3, 0.4) is 0 Å². The molecular formula is C25H26IN3O3. The number of nitrogens with one attached hydrogen (secondary N) is 1. The van der Waals surface area contributed by atoms with E-state index >= 15 is 0 Å². The number of esters is 1. The lowest BCUT2D eigenvalue weighted by Crippen LogP contribution is -2.37. The number of hydrogen-bond donors (Lipinski definition) is 1. The van der Waals surface area contributed by atoms with Crippen molar-refractivity contribution in [2.24, 2.45) is 0 Å². The molecule has 4 rings (SSSR count). The van der Waals surface area contributed by atoms with Crippen molar-refractivity contribution in [2.75, 3.05) is 11.9 Å². The van der Waals surface area contributed by atoms with Gasteiger partial charge in [0.2, 0.25) is 0 Å². The molecule has 7 heteroatoms. The molecule has 0 aliphatic carbocycles. The van der Waals surface area contributed by atoms with Crippen LogP contribution in [-0.2, 0) is 22.5 Å². The molecule has 1 unspecified atom stereocenters. The molecule has 1 aliphatic heterocycles. The van der Waals surface area contributed by atoms with Crippen molar-refractivity contribution in [3.05, 3.63) is 68.9 Å². The average molecular weight is 543 g/mol. The Bertz CT molecular complexity index is 1160. The van der Waals surface area contributed by atoms with E-state index in [2.05, 4.69) is 46.7 Å². The van der Waals surface area contributed by atoms with Crippen molar-refractivity contribution in [3.63, 3.8) is 0 Å². The monoisotopic (exact) mass is 543 g/mol. The van der Waals surface area contributed by atoms with E-state index < -0.39 is 12.1 Å². The van der Waals surface area contributed by atoms with Gasteiger partial charge in [-0.25, -0.2) is 4.79 Å². The number of fused-ring (bicyclic) bond motifs is 2. The SMILES string of the molecule is CC(OC(=O)c1c2c(nc3ccccc13)CCN(C(C)C)C2)C(=O)Nc1ccc(I)cc1. The summed E-state index contributed by atoms with van der Waals surface area (Å²) in [5.74, 6) is -0.855. The van der Waals surface area contributed by atoms with Crippen molar-refractivity contribution < 1.29 is 14.3 Å². The molecule has 3 aromatic rings. The van der Waals surface area contributed by atoms with Crippen molar-refractivity contribution in [2.45, 2.75) is 45.9 Å². The summed E-state index contributed by atoms with van der Waals surface area (Å²) >= 11 is 2.20. The predicted octanol–water partition coefficient (Wildman–Crippen LogP) is 4.79. The second kappa shape index (κ2) is 9.54. The Labute approximate surface area is 201 Å². The van der Waals surface area contributed by atoms with Gasteiger partial charge in [0, 0.05) is 51.5 Å². The summed E-state index contributed by atoms with van der Waals surface area (Å²) in [6.07, 6.45) is -0.157. The average Bonchev–Trinajstić information content (AvgIpc) is 2.78. The van der Waals surface area contributed by atoms with Crippen LogP contribution in [0, 0.1) is 3.57 Å². The Balaban J connectivity index is 1.62. The fourth-order valence-electron chi connectivity index (χ4n) is 3.94. The molecular weight excluding hydrogens is 517 g/mol. The number of carbonyl (C=O) groups excluding carboxylic acids is 2. The van der Waals surface area contributed by atoms with E-state index in [0.29, 0.717) is 23.8 Å². The number of pyridine rings is 1. The van der Waals surface area contributed by atoms with Crippen LogP contribution in [0.15, 0.2) is 48.5 Å². The number of aromatic nitrogens is 1. The van der Waals surface area contributed by atoms with Gasteiger partial charge in [-0.05, 0) is 73.7 Å². The fraction of sp³-hybridized carbons (Fsp3) is 0.320. The molecule has 32 heavy (non-hydrogen) atoms. The van der Waals surface area contributed by atoms with Crippen LogP contribution in [0.2, 0.25) is 0 Å². The maximum absolute atomic E-state index is 13.4. The molecule has 2 heterocycles. The minimum absolute atomic E-state index is 0.358. The zero-order valence-corrected chi connectivity index (χ0v) is 20.5. The Morgan fingerprint density at radius 2 is 1.81 bits per heavy atom. The van der Waals surface area contributed by atoms with E-state index in [1.807, 2.05) is 48.5 Å². The molecule has 1 amide bonds. The van der Waals surface area contributed by atoms with E-state index in [1.165, 1.54) is 0 Å². The number of anilines is 1. The second-order valence-electron chi connectivity index (χ2n) is 8.29. The lowest BCUT2D eigenvalue weighted by Gasteiger charge is -2.32. The number of halogens is 1. The first-order valence-corrected chi connectivity index (χ1v) is 11.8. The zero-order chi connectivity index (χ0) is 22.8. The van der Waals surface area contributed by atoms with Gasteiger partial charge in [-0.15, -0.1) is 0 Å². The first-order valence-electron chi connectivity index (χ1n) is 10.8. The van der Waals surface area contributed by atoms with Crippen LogP contribution in [0.4, 0.5) is 5.69 Å². The van der Waals surface area contributed by atoms with E-state index in [4.69, 9.17) is 9.72 Å². The Kier molecular flexibility index (Phi) is 6.76. The third-order valence-electron chi connectivity index (χ3n) is 5.78. The molecule has 0 fully saturated rings. The normalized spacial score (nSPS) is 14.8. The van der Waals surface area contributed by atoms with Crippen molar-refractivity contribution in [3.8, 4) is 0 Å². The largest absolute Gasteiger partial charge is 0.449 e. The first-order chi connectivity index (χ1) is 15.3. The van der Waals surface area contributed by atoms with Gasteiger partial charge >= 0.3 is 5.97 Å². The number of rotatable bonds is 5. The maximum Gasteiger partial charge on any atom is 0.339 e. The number of amides is 1. The summed E-state index contributed by atoms with van der Waals surface area (Å²) in [7, 11) is 0. The van der Waals surface area contributed by atoms with Crippen molar-refractivity contribution in [1.29, 1.82) is 0 Å². The highest BCUT2D eigenvalue weighted by Gasteiger charge is 2.29. The van der Waals surface area contributed by atoms with Gasteiger partial charge in [-0.2, -0.15) is 0 Å². The van der Waals surface area contributed by atoms with Crippen LogP contribution >= 0.6 is 22.6 Å². The van der Waals surface area contributed by atoms with Crippen LogP contribution in [0.1, 0.15) is 42.4 Å². The molecule has 2 aromatic carbocycles. The van der Waals surface area contributed by atoms with Gasteiger partial charge in [0.1, 0.15) is 0 Å². The minimum atomic E-state index is -0.936.